The van der Waals surface area contributed by atoms with Gasteiger partial charge in [-0.25, -0.2) is 0 Å². The van der Waals surface area contributed by atoms with Gasteiger partial charge in [-0.1, -0.05) is 6.07 Å². The van der Waals surface area contributed by atoms with E-state index < -0.39 is 22.4 Å². The number of rotatable bonds is 0. The third kappa shape index (κ3) is 1.29. The number of fused-ring (bicyclic) bond motifs is 1. The minimum atomic E-state index is -0.938. The fraction of sp³-hybridized carbons (Fsp3) is 0.684. The maximum atomic E-state index is 12.0. The maximum Gasteiger partial charge on any atom is 0.209 e. The number of nitrogens with one attached hydrogen (secondary N) is 1. The van der Waals surface area contributed by atoms with Gasteiger partial charge in [-0.3, -0.25) is 0 Å². The van der Waals surface area contributed by atoms with Crippen molar-refractivity contribution in [1.29, 1.82) is 0 Å². The Morgan fingerprint density at radius 1 is 1.16 bits per heavy atom. The van der Waals surface area contributed by atoms with Crippen LogP contribution in [0.1, 0.15) is 37.3 Å². The highest BCUT2D eigenvalue weighted by atomic mass is 16.8. The van der Waals surface area contributed by atoms with Gasteiger partial charge >= 0.3 is 0 Å². The molecule has 3 aliphatic heterocycles. The SMILES string of the molecule is C[C@@]12Oc3c(O)ccc4c3[C@@]13CCN[C@H](C4)[C@]3(O)CCC21OCCO1. The van der Waals surface area contributed by atoms with E-state index in [2.05, 4.69) is 5.32 Å². The Hall–Kier alpha value is -1.34. The normalized spacial score (nSPS) is 45.3. The van der Waals surface area contributed by atoms with E-state index in [0.29, 0.717) is 31.8 Å². The number of aliphatic hydroxyl groups is 1. The van der Waals surface area contributed by atoms with Crippen molar-refractivity contribution in [3.63, 3.8) is 0 Å². The van der Waals surface area contributed by atoms with Crippen LogP contribution in [0.25, 0.3) is 0 Å². The summed E-state index contributed by atoms with van der Waals surface area (Å²) in [5, 5.41) is 26.0. The average molecular weight is 345 g/mol. The minimum absolute atomic E-state index is 0.0223. The molecule has 6 rings (SSSR count). The monoisotopic (exact) mass is 345 g/mol. The number of aromatic hydroxyl groups is 1. The van der Waals surface area contributed by atoms with Crippen molar-refractivity contribution in [3.8, 4) is 11.5 Å². The summed E-state index contributed by atoms with van der Waals surface area (Å²) in [6.45, 7) is 3.88. The third-order valence-electron chi connectivity index (χ3n) is 7.72. The van der Waals surface area contributed by atoms with E-state index in [-0.39, 0.29) is 11.8 Å². The van der Waals surface area contributed by atoms with Gasteiger partial charge in [0, 0.05) is 18.0 Å². The molecule has 2 saturated heterocycles. The molecule has 0 radical (unpaired) electrons. The van der Waals surface area contributed by atoms with Crippen molar-refractivity contribution >= 4 is 0 Å². The minimum Gasteiger partial charge on any atom is -0.504 e. The van der Waals surface area contributed by atoms with Crippen molar-refractivity contribution in [3.05, 3.63) is 23.3 Å². The zero-order valence-corrected chi connectivity index (χ0v) is 14.3. The molecule has 2 bridgehead atoms. The second-order valence-electron chi connectivity index (χ2n) is 8.32. The molecule has 3 N–H and O–H groups in total. The summed E-state index contributed by atoms with van der Waals surface area (Å²) in [5.41, 5.74) is -0.325. The Balaban J connectivity index is 1.72. The molecule has 2 aliphatic carbocycles. The van der Waals surface area contributed by atoms with Gasteiger partial charge < -0.3 is 29.7 Å². The van der Waals surface area contributed by atoms with Gasteiger partial charge in [-0.2, -0.15) is 0 Å². The van der Waals surface area contributed by atoms with Crippen LogP contribution in [0.3, 0.4) is 0 Å². The standard InChI is InChI=1S/C19H23NO5/c1-16-17-6-7-20-13(10-11-2-3-12(21)15(25-16)14(11)17)18(17,22)4-5-19(16)23-8-9-24-19/h2-3,13,20-22H,4-10H2,1H3/t13-,16-,17+,18-/m1/s1. The molecule has 1 aromatic rings. The summed E-state index contributed by atoms with van der Waals surface area (Å²) in [7, 11) is 0. The van der Waals surface area contributed by atoms with Gasteiger partial charge in [0.15, 0.2) is 17.1 Å². The van der Waals surface area contributed by atoms with Crippen LogP contribution in [0.2, 0.25) is 0 Å². The average Bonchev–Trinajstić information content (AvgIpc) is 3.15. The van der Waals surface area contributed by atoms with Gasteiger partial charge in [-0.05, 0) is 44.4 Å². The number of phenols is 1. The van der Waals surface area contributed by atoms with Gasteiger partial charge in [0.2, 0.25) is 5.79 Å². The molecule has 4 atom stereocenters. The molecule has 1 saturated carbocycles. The fourth-order valence-electron chi connectivity index (χ4n) is 6.71. The number of benzene rings is 1. The van der Waals surface area contributed by atoms with Crippen LogP contribution in [0.15, 0.2) is 12.1 Å². The van der Waals surface area contributed by atoms with Crippen molar-refractivity contribution in [1.82, 2.24) is 5.32 Å². The zero-order valence-electron chi connectivity index (χ0n) is 14.3. The number of ether oxygens (including phenoxy) is 3. The van der Waals surface area contributed by atoms with E-state index >= 15 is 0 Å². The molecule has 3 heterocycles. The molecule has 25 heavy (non-hydrogen) atoms. The summed E-state index contributed by atoms with van der Waals surface area (Å²) < 4.78 is 18.8. The van der Waals surface area contributed by atoms with Crippen molar-refractivity contribution in [2.75, 3.05) is 19.8 Å². The van der Waals surface area contributed by atoms with Gasteiger partial charge in [0.1, 0.15) is 0 Å². The van der Waals surface area contributed by atoms with Crippen LogP contribution in [-0.4, -0.2) is 53.0 Å². The molecule has 6 heteroatoms. The predicted molar refractivity (Wildman–Crippen MR) is 87.7 cm³/mol. The first-order chi connectivity index (χ1) is 12.0. The Bertz CT molecular complexity index is 790. The Labute approximate surface area is 146 Å². The first-order valence-electron chi connectivity index (χ1n) is 9.26. The third-order valence-corrected chi connectivity index (χ3v) is 7.72. The van der Waals surface area contributed by atoms with E-state index in [0.717, 1.165) is 30.5 Å². The molecule has 0 aromatic heterocycles. The van der Waals surface area contributed by atoms with Crippen molar-refractivity contribution in [2.24, 2.45) is 0 Å². The molecule has 0 unspecified atom stereocenters. The molecule has 3 fully saturated rings. The maximum absolute atomic E-state index is 12.0. The first-order valence-corrected chi connectivity index (χ1v) is 9.26. The number of piperidine rings is 1. The van der Waals surface area contributed by atoms with Crippen LogP contribution in [-0.2, 0) is 21.3 Å². The number of hydrogen-bond donors (Lipinski definition) is 3. The predicted octanol–water partition coefficient (Wildman–Crippen LogP) is 0.967. The van der Waals surface area contributed by atoms with Gasteiger partial charge in [0.25, 0.3) is 0 Å². The summed E-state index contributed by atoms with van der Waals surface area (Å²) in [4.78, 5) is 0. The molecular formula is C19H23NO5. The lowest BCUT2D eigenvalue weighted by Gasteiger charge is -2.66. The van der Waals surface area contributed by atoms with Crippen molar-refractivity contribution in [2.45, 2.75) is 61.1 Å². The molecule has 5 aliphatic rings. The number of hydrogen-bond acceptors (Lipinski definition) is 6. The zero-order chi connectivity index (χ0) is 17.1. The van der Waals surface area contributed by atoms with E-state index in [1.807, 2.05) is 13.0 Å². The Morgan fingerprint density at radius 2 is 1.96 bits per heavy atom. The fourth-order valence-corrected chi connectivity index (χ4v) is 6.71. The molecule has 134 valence electrons. The Kier molecular flexibility index (Phi) is 2.45. The second-order valence-corrected chi connectivity index (χ2v) is 8.32. The van der Waals surface area contributed by atoms with E-state index in [9.17, 15) is 10.2 Å². The van der Waals surface area contributed by atoms with E-state index in [1.165, 1.54) is 0 Å². The highest BCUT2D eigenvalue weighted by Gasteiger charge is 2.82. The van der Waals surface area contributed by atoms with Crippen LogP contribution in [0.5, 0.6) is 11.5 Å². The molecule has 0 amide bonds. The van der Waals surface area contributed by atoms with Gasteiger partial charge in [0.05, 0.1) is 24.2 Å². The van der Waals surface area contributed by atoms with E-state index in [1.54, 1.807) is 6.07 Å². The lowest BCUT2D eigenvalue weighted by atomic mass is 9.44. The van der Waals surface area contributed by atoms with Crippen molar-refractivity contribution < 1.29 is 24.4 Å². The molecular weight excluding hydrogens is 322 g/mol. The first kappa shape index (κ1) is 14.8. The molecule has 1 aromatic carbocycles. The molecule has 6 nitrogen and oxygen atoms in total. The summed E-state index contributed by atoms with van der Waals surface area (Å²) in [6, 6.07) is 3.66. The largest absolute Gasteiger partial charge is 0.504 e. The lowest BCUT2D eigenvalue weighted by molar-refractivity contribution is -0.327. The van der Waals surface area contributed by atoms with Crippen LogP contribution in [0.4, 0.5) is 0 Å². The quantitative estimate of drug-likeness (QED) is 0.650. The summed E-state index contributed by atoms with van der Waals surface area (Å²) >= 11 is 0. The van der Waals surface area contributed by atoms with Crippen LogP contribution in [0, 0.1) is 0 Å². The topological polar surface area (TPSA) is 80.2 Å². The second kappa shape index (κ2) is 4.14. The smallest absolute Gasteiger partial charge is 0.209 e. The van der Waals surface area contributed by atoms with Gasteiger partial charge in [-0.15, -0.1) is 0 Å². The van der Waals surface area contributed by atoms with E-state index in [4.69, 9.17) is 14.2 Å². The highest BCUT2D eigenvalue weighted by molar-refractivity contribution is 5.64. The highest BCUT2D eigenvalue weighted by Crippen LogP contribution is 2.71. The van der Waals surface area contributed by atoms with Crippen LogP contribution >= 0.6 is 0 Å². The summed E-state index contributed by atoms with van der Waals surface area (Å²) in [6.07, 6.45) is 2.66. The molecule has 2 spiro atoms. The lowest BCUT2D eigenvalue weighted by Crippen LogP contribution is -2.83. The number of phenolic OH excluding ortho intramolecular Hbond substituents is 1. The Morgan fingerprint density at radius 3 is 2.76 bits per heavy atom. The van der Waals surface area contributed by atoms with Crippen LogP contribution < -0.4 is 10.1 Å². The summed E-state index contributed by atoms with van der Waals surface area (Å²) in [5.74, 6) is -0.225.